The van der Waals surface area contributed by atoms with Crippen molar-refractivity contribution in [1.82, 2.24) is 15.5 Å². The van der Waals surface area contributed by atoms with Crippen LogP contribution in [-0.2, 0) is 0 Å². The molecule has 1 aromatic rings. The van der Waals surface area contributed by atoms with Crippen LogP contribution in [0.4, 0.5) is 5.69 Å². The molecule has 1 fully saturated rings. The summed E-state index contributed by atoms with van der Waals surface area (Å²) in [4.78, 5) is 7.29. The van der Waals surface area contributed by atoms with Crippen molar-refractivity contribution < 1.29 is 0 Å². The lowest BCUT2D eigenvalue weighted by molar-refractivity contribution is 0.167. The van der Waals surface area contributed by atoms with Crippen LogP contribution in [0.1, 0.15) is 40.0 Å². The molecule has 1 aliphatic rings. The van der Waals surface area contributed by atoms with E-state index in [1.54, 1.807) is 0 Å². The van der Waals surface area contributed by atoms with Crippen molar-refractivity contribution in [2.75, 3.05) is 38.0 Å². The van der Waals surface area contributed by atoms with Gasteiger partial charge in [-0.25, -0.2) is 0 Å². The number of guanidine groups is 1. The van der Waals surface area contributed by atoms with Gasteiger partial charge in [-0.1, -0.05) is 18.2 Å². The molecule has 6 heteroatoms. The summed E-state index contributed by atoms with van der Waals surface area (Å²) in [6.45, 7) is 11.7. The Morgan fingerprint density at radius 3 is 2.50 bits per heavy atom. The first-order chi connectivity index (χ1) is 12.2. The van der Waals surface area contributed by atoms with E-state index in [2.05, 4.69) is 65.9 Å². The molecule has 2 rings (SSSR count). The van der Waals surface area contributed by atoms with E-state index in [0.29, 0.717) is 12.1 Å². The second kappa shape index (κ2) is 13.2. The number of hydrogen-bond acceptors (Lipinski definition) is 3. The van der Waals surface area contributed by atoms with Crippen molar-refractivity contribution >= 4 is 35.6 Å². The predicted molar refractivity (Wildman–Crippen MR) is 124 cm³/mol. The minimum absolute atomic E-state index is 0. The second-order valence-electron chi connectivity index (χ2n) is 6.96. The fraction of sp³-hybridized carbons (Fsp3) is 0.650. The van der Waals surface area contributed by atoms with Gasteiger partial charge in [-0.05, 0) is 52.2 Å². The van der Waals surface area contributed by atoms with Crippen molar-refractivity contribution in [3.05, 3.63) is 30.3 Å². The first-order valence-corrected chi connectivity index (χ1v) is 9.77. The fourth-order valence-corrected chi connectivity index (χ4v) is 3.13. The molecule has 1 heterocycles. The standard InChI is InChI=1S/C20H35N5.HI/c1-4-21-20(24-19-11-15-25(16-12-19)17(2)3)23-14-8-13-22-18-9-6-5-7-10-18;/h5-7,9-10,17,19,22H,4,8,11-16H2,1-3H3,(H2,21,23,24);1H. The highest BCUT2D eigenvalue weighted by molar-refractivity contribution is 14.0. The number of aliphatic imine (C=N–C) groups is 1. The van der Waals surface area contributed by atoms with Gasteiger partial charge in [0.1, 0.15) is 0 Å². The van der Waals surface area contributed by atoms with Crippen LogP contribution in [0.5, 0.6) is 0 Å². The summed E-state index contributed by atoms with van der Waals surface area (Å²) in [5.41, 5.74) is 1.17. The van der Waals surface area contributed by atoms with Gasteiger partial charge >= 0.3 is 0 Å². The number of anilines is 1. The molecular formula is C20H36IN5. The van der Waals surface area contributed by atoms with Crippen LogP contribution in [-0.4, -0.2) is 55.7 Å². The van der Waals surface area contributed by atoms with Crippen LogP contribution in [0.3, 0.4) is 0 Å². The highest BCUT2D eigenvalue weighted by atomic mass is 127. The zero-order valence-electron chi connectivity index (χ0n) is 16.5. The van der Waals surface area contributed by atoms with E-state index in [1.165, 1.54) is 31.6 Å². The van der Waals surface area contributed by atoms with Crippen LogP contribution < -0.4 is 16.0 Å². The molecule has 0 aromatic heterocycles. The molecule has 0 atom stereocenters. The maximum absolute atomic E-state index is 4.73. The molecule has 26 heavy (non-hydrogen) atoms. The van der Waals surface area contributed by atoms with E-state index in [9.17, 15) is 0 Å². The van der Waals surface area contributed by atoms with Crippen LogP contribution in [0.2, 0.25) is 0 Å². The lowest BCUT2D eigenvalue weighted by Crippen LogP contribution is -2.49. The molecule has 0 amide bonds. The predicted octanol–water partition coefficient (Wildman–Crippen LogP) is 3.53. The zero-order valence-corrected chi connectivity index (χ0v) is 18.8. The van der Waals surface area contributed by atoms with Crippen molar-refractivity contribution in [2.45, 2.75) is 52.1 Å². The number of likely N-dealkylation sites (tertiary alicyclic amines) is 1. The molecule has 0 unspecified atom stereocenters. The molecule has 0 aliphatic carbocycles. The highest BCUT2D eigenvalue weighted by Gasteiger charge is 2.21. The van der Waals surface area contributed by atoms with Crippen LogP contribution >= 0.6 is 24.0 Å². The summed E-state index contributed by atoms with van der Waals surface area (Å²) < 4.78 is 0. The third-order valence-corrected chi connectivity index (χ3v) is 4.65. The maximum Gasteiger partial charge on any atom is 0.191 e. The Bertz CT molecular complexity index is 498. The molecule has 0 bridgehead atoms. The van der Waals surface area contributed by atoms with Gasteiger partial charge in [0.05, 0.1) is 0 Å². The van der Waals surface area contributed by atoms with Gasteiger partial charge in [0, 0.05) is 50.5 Å². The lowest BCUT2D eigenvalue weighted by atomic mass is 10.0. The summed E-state index contributed by atoms with van der Waals surface area (Å²) >= 11 is 0. The minimum Gasteiger partial charge on any atom is -0.385 e. The van der Waals surface area contributed by atoms with E-state index in [-0.39, 0.29) is 24.0 Å². The first-order valence-electron chi connectivity index (χ1n) is 9.77. The number of hydrogen-bond donors (Lipinski definition) is 3. The van der Waals surface area contributed by atoms with E-state index >= 15 is 0 Å². The van der Waals surface area contributed by atoms with Crippen molar-refractivity contribution in [2.24, 2.45) is 4.99 Å². The highest BCUT2D eigenvalue weighted by Crippen LogP contribution is 2.12. The zero-order chi connectivity index (χ0) is 17.9. The number of nitrogens with zero attached hydrogens (tertiary/aromatic N) is 2. The van der Waals surface area contributed by atoms with Gasteiger partial charge in [-0.3, -0.25) is 4.99 Å². The summed E-state index contributed by atoms with van der Waals surface area (Å²) in [7, 11) is 0. The average Bonchev–Trinajstić information content (AvgIpc) is 2.63. The van der Waals surface area contributed by atoms with Crippen LogP contribution in [0, 0.1) is 0 Å². The Kier molecular flexibility index (Phi) is 11.7. The second-order valence-corrected chi connectivity index (χ2v) is 6.96. The molecular weight excluding hydrogens is 437 g/mol. The van der Waals surface area contributed by atoms with Crippen molar-refractivity contribution in [3.8, 4) is 0 Å². The van der Waals surface area contributed by atoms with Gasteiger partial charge in [0.25, 0.3) is 0 Å². The van der Waals surface area contributed by atoms with Crippen molar-refractivity contribution in [3.63, 3.8) is 0 Å². The third kappa shape index (κ3) is 8.58. The van der Waals surface area contributed by atoms with Gasteiger partial charge in [0.2, 0.25) is 0 Å². The van der Waals surface area contributed by atoms with E-state index in [1.807, 2.05) is 6.07 Å². The number of nitrogens with one attached hydrogen (secondary N) is 3. The molecule has 0 saturated carbocycles. The van der Waals surface area contributed by atoms with Gasteiger partial charge in [-0.2, -0.15) is 0 Å². The maximum atomic E-state index is 4.73. The normalized spacial score (nSPS) is 16.2. The van der Waals surface area contributed by atoms with Gasteiger partial charge < -0.3 is 20.9 Å². The molecule has 1 aromatic carbocycles. The van der Waals surface area contributed by atoms with Gasteiger partial charge in [0.15, 0.2) is 5.96 Å². The molecule has 3 N–H and O–H groups in total. The molecule has 0 radical (unpaired) electrons. The fourth-order valence-electron chi connectivity index (χ4n) is 3.13. The van der Waals surface area contributed by atoms with Crippen molar-refractivity contribution in [1.29, 1.82) is 0 Å². The molecule has 5 nitrogen and oxygen atoms in total. The Morgan fingerprint density at radius 1 is 1.19 bits per heavy atom. The van der Waals surface area contributed by atoms with Crippen LogP contribution in [0.25, 0.3) is 0 Å². The lowest BCUT2D eigenvalue weighted by Gasteiger charge is -2.35. The summed E-state index contributed by atoms with van der Waals surface area (Å²) in [5.74, 6) is 0.963. The van der Waals surface area contributed by atoms with E-state index < -0.39 is 0 Å². The topological polar surface area (TPSA) is 51.7 Å². The minimum atomic E-state index is 0. The Morgan fingerprint density at radius 2 is 1.88 bits per heavy atom. The van der Waals surface area contributed by atoms with E-state index in [4.69, 9.17) is 4.99 Å². The number of para-hydroxylation sites is 1. The molecule has 1 saturated heterocycles. The third-order valence-electron chi connectivity index (χ3n) is 4.65. The quantitative estimate of drug-likeness (QED) is 0.234. The largest absolute Gasteiger partial charge is 0.385 e. The average molecular weight is 473 g/mol. The number of halogens is 1. The first kappa shape index (κ1) is 23.0. The van der Waals surface area contributed by atoms with Gasteiger partial charge in [-0.15, -0.1) is 24.0 Å². The van der Waals surface area contributed by atoms with Crippen LogP contribution in [0.15, 0.2) is 35.3 Å². The monoisotopic (exact) mass is 473 g/mol. The Hall–Kier alpha value is -1.02. The Balaban J connectivity index is 0.00000338. The van der Waals surface area contributed by atoms with E-state index in [0.717, 1.165) is 32.0 Å². The smallest absolute Gasteiger partial charge is 0.191 e. The summed E-state index contributed by atoms with van der Waals surface area (Å²) in [6, 6.07) is 11.5. The Labute approximate surface area is 176 Å². The molecule has 148 valence electrons. The summed E-state index contributed by atoms with van der Waals surface area (Å²) in [6.07, 6.45) is 3.41. The summed E-state index contributed by atoms with van der Waals surface area (Å²) in [5, 5.41) is 10.4. The number of rotatable bonds is 8. The molecule has 1 aliphatic heterocycles. The number of benzene rings is 1. The number of piperidine rings is 1. The molecule has 0 spiro atoms. The SMILES string of the molecule is CCNC(=NCCCNc1ccccc1)NC1CCN(C(C)C)CC1.I.